The summed E-state index contributed by atoms with van der Waals surface area (Å²) in [6, 6.07) is 51.2. The van der Waals surface area contributed by atoms with E-state index in [4.69, 9.17) is 0 Å². The van der Waals surface area contributed by atoms with Crippen LogP contribution in [0, 0.1) is 22.7 Å². The Bertz CT molecular complexity index is 3330. The van der Waals surface area contributed by atoms with Gasteiger partial charge < -0.3 is 9.13 Å². The van der Waals surface area contributed by atoms with Crippen LogP contribution in [0.15, 0.2) is 127 Å². The fraction of sp³-hybridized carbons (Fsp3) is 0.120. The smallest absolute Gasteiger partial charge is 0.102 e. The van der Waals surface area contributed by atoms with Crippen LogP contribution >= 0.6 is 22.7 Å². The van der Waals surface area contributed by atoms with Gasteiger partial charge in [0.05, 0.1) is 44.6 Å². The zero-order valence-electron chi connectivity index (χ0n) is 30.3. The molecule has 12 rings (SSSR count). The van der Waals surface area contributed by atoms with Crippen LogP contribution in [0.1, 0.15) is 54.7 Å². The zero-order chi connectivity index (χ0) is 37.1. The molecule has 0 saturated heterocycles. The first-order valence-corrected chi connectivity index (χ1v) is 21.1. The fourth-order valence-electron chi connectivity index (χ4n) is 10.1. The van der Waals surface area contributed by atoms with Gasteiger partial charge in [0, 0.05) is 61.9 Å². The average molecular weight is 753 g/mol. The molecule has 0 bridgehead atoms. The van der Waals surface area contributed by atoms with Gasteiger partial charge in [-0.2, -0.15) is 10.5 Å². The molecule has 1 aliphatic rings. The summed E-state index contributed by atoms with van der Waals surface area (Å²) in [5.74, 6) is 0.118. The highest BCUT2D eigenvalue weighted by atomic mass is 32.1. The molecule has 4 aromatic heterocycles. The van der Waals surface area contributed by atoms with Gasteiger partial charge in [-0.1, -0.05) is 92.1 Å². The minimum Gasteiger partial charge on any atom is -0.308 e. The van der Waals surface area contributed by atoms with Gasteiger partial charge >= 0.3 is 0 Å². The highest BCUT2D eigenvalue weighted by Gasteiger charge is 2.30. The topological polar surface area (TPSA) is 57.4 Å². The Labute approximate surface area is 330 Å². The van der Waals surface area contributed by atoms with E-state index in [0.29, 0.717) is 11.1 Å². The number of thiophene rings is 2. The van der Waals surface area contributed by atoms with Crippen LogP contribution in [-0.4, -0.2) is 9.13 Å². The van der Waals surface area contributed by atoms with Crippen molar-refractivity contribution in [2.45, 2.75) is 38.0 Å². The van der Waals surface area contributed by atoms with Crippen LogP contribution in [0.25, 0.3) is 95.3 Å². The molecule has 0 aliphatic heterocycles. The van der Waals surface area contributed by atoms with Crippen LogP contribution in [0.3, 0.4) is 0 Å². The van der Waals surface area contributed by atoms with E-state index in [0.717, 1.165) is 75.5 Å². The van der Waals surface area contributed by atoms with Gasteiger partial charge in [0.15, 0.2) is 0 Å². The summed E-state index contributed by atoms with van der Waals surface area (Å²) in [4.78, 5) is 0. The van der Waals surface area contributed by atoms with Crippen molar-refractivity contribution in [2.75, 3.05) is 0 Å². The summed E-state index contributed by atoms with van der Waals surface area (Å²) in [6.07, 6.45) is 5.31. The lowest BCUT2D eigenvalue weighted by molar-refractivity contribution is 0.442. The van der Waals surface area contributed by atoms with E-state index in [-0.39, 0.29) is 5.92 Å². The summed E-state index contributed by atoms with van der Waals surface area (Å²) >= 11 is 3.66. The van der Waals surface area contributed by atoms with Gasteiger partial charge in [-0.3, -0.25) is 0 Å². The Morgan fingerprint density at radius 2 is 0.893 bits per heavy atom. The third-order valence-electron chi connectivity index (χ3n) is 12.4. The number of aromatic nitrogens is 2. The molecule has 0 unspecified atom stereocenters. The van der Waals surface area contributed by atoms with Crippen LogP contribution in [0.2, 0.25) is 0 Å². The third kappa shape index (κ3) is 4.26. The van der Waals surface area contributed by atoms with Crippen molar-refractivity contribution >= 4 is 107 Å². The zero-order valence-corrected chi connectivity index (χ0v) is 32.0. The molecule has 7 aromatic carbocycles. The minimum absolute atomic E-state index is 0.118. The number of para-hydroxylation sites is 2. The van der Waals surface area contributed by atoms with Gasteiger partial charge in [0.25, 0.3) is 0 Å². The molecule has 56 heavy (non-hydrogen) atoms. The maximum atomic E-state index is 11.4. The number of fused-ring (bicyclic) bond motifs is 14. The van der Waals surface area contributed by atoms with E-state index in [1.807, 2.05) is 22.7 Å². The second kappa shape index (κ2) is 12.0. The van der Waals surface area contributed by atoms with Crippen molar-refractivity contribution < 1.29 is 0 Å². The number of benzene rings is 7. The van der Waals surface area contributed by atoms with Crippen molar-refractivity contribution in [2.24, 2.45) is 0 Å². The fourth-order valence-corrected chi connectivity index (χ4v) is 12.4. The predicted molar refractivity (Wildman–Crippen MR) is 236 cm³/mol. The Morgan fingerprint density at radius 3 is 1.38 bits per heavy atom. The monoisotopic (exact) mass is 752 g/mol. The van der Waals surface area contributed by atoms with Crippen LogP contribution < -0.4 is 0 Å². The molecule has 0 spiro atoms. The Balaban J connectivity index is 1.27. The molecule has 11 aromatic rings. The lowest BCUT2D eigenvalue weighted by Crippen LogP contribution is -2.14. The van der Waals surface area contributed by atoms with E-state index in [9.17, 15) is 10.5 Å². The first kappa shape index (κ1) is 31.9. The number of rotatable bonds is 3. The molecule has 4 heterocycles. The lowest BCUT2D eigenvalue weighted by Gasteiger charge is -2.27. The number of nitriles is 2. The van der Waals surface area contributed by atoms with E-state index >= 15 is 0 Å². The van der Waals surface area contributed by atoms with Gasteiger partial charge in [-0.05, 0) is 78.9 Å². The van der Waals surface area contributed by atoms with E-state index < -0.39 is 0 Å². The number of hydrogen-bond donors (Lipinski definition) is 0. The quantitative estimate of drug-likeness (QED) is 0.180. The van der Waals surface area contributed by atoms with Crippen molar-refractivity contribution in [1.82, 2.24) is 9.13 Å². The molecule has 0 radical (unpaired) electrons. The van der Waals surface area contributed by atoms with Crippen LogP contribution in [-0.2, 0) is 0 Å². The van der Waals surface area contributed by atoms with Gasteiger partial charge in [0.1, 0.15) is 12.1 Å². The number of hydrogen-bond acceptors (Lipinski definition) is 4. The number of nitrogens with zero attached hydrogens (tertiary/aromatic N) is 4. The summed E-state index contributed by atoms with van der Waals surface area (Å²) in [7, 11) is 0. The van der Waals surface area contributed by atoms with Gasteiger partial charge in [-0.15, -0.1) is 22.7 Å². The SMILES string of the molecule is N#Cc1c(-n2c3ccccc3c3c4c(ccc32)sc2ccccc24)cc(-n2c3ccccc3c3c4c(ccc32)sc2ccccc24)c(C#N)c1C1CCCCC1. The maximum Gasteiger partial charge on any atom is 0.102 e. The summed E-state index contributed by atoms with van der Waals surface area (Å²) in [6.45, 7) is 0. The molecule has 1 aliphatic carbocycles. The van der Waals surface area contributed by atoms with Crippen molar-refractivity contribution in [3.63, 3.8) is 0 Å². The summed E-state index contributed by atoms with van der Waals surface area (Å²) in [5.41, 5.74) is 8.05. The van der Waals surface area contributed by atoms with Crippen molar-refractivity contribution in [1.29, 1.82) is 10.5 Å². The maximum absolute atomic E-state index is 11.4. The molecular formula is C50H32N4S2. The second-order valence-corrected chi connectivity index (χ2v) is 17.4. The Kier molecular flexibility index (Phi) is 6.84. The standard InChI is InChI=1S/C50H32N4S2/c51-27-34-40(53-36-18-8-4-14-30(36)47-38(53)22-24-44-49(47)32-16-6-10-20-42(32)55-44)26-41(35(28-52)46(34)29-12-2-1-3-13-29)54-37-19-9-5-15-31(37)48-39(54)23-25-45-50(48)33-17-7-11-21-43(33)56-45/h4-11,14-26,29H,1-3,12-13H2. The third-order valence-corrected chi connectivity index (χ3v) is 14.7. The molecule has 0 amide bonds. The molecule has 0 atom stereocenters. The molecule has 1 fully saturated rings. The van der Waals surface area contributed by atoms with Crippen molar-refractivity contribution in [3.8, 4) is 23.5 Å². The molecule has 6 heteroatoms. The minimum atomic E-state index is 0.118. The molecular weight excluding hydrogens is 721 g/mol. The Hall–Kier alpha value is -6.44. The molecule has 0 N–H and O–H groups in total. The second-order valence-electron chi connectivity index (χ2n) is 15.2. The van der Waals surface area contributed by atoms with Crippen LogP contribution in [0.5, 0.6) is 0 Å². The largest absolute Gasteiger partial charge is 0.308 e. The molecule has 264 valence electrons. The normalized spacial score (nSPS) is 14.0. The molecule has 1 saturated carbocycles. The van der Waals surface area contributed by atoms with E-state index in [1.165, 1.54) is 57.5 Å². The highest BCUT2D eigenvalue weighted by molar-refractivity contribution is 7.26. The van der Waals surface area contributed by atoms with E-state index in [2.05, 4.69) is 149 Å². The average Bonchev–Trinajstić information content (AvgIpc) is 4.00. The Morgan fingerprint density at radius 1 is 0.446 bits per heavy atom. The summed E-state index contributed by atoms with van der Waals surface area (Å²) < 4.78 is 9.69. The summed E-state index contributed by atoms with van der Waals surface area (Å²) in [5, 5.41) is 32.5. The first-order valence-electron chi connectivity index (χ1n) is 19.4. The van der Waals surface area contributed by atoms with Gasteiger partial charge in [0.2, 0.25) is 0 Å². The highest BCUT2D eigenvalue weighted by Crippen LogP contribution is 2.48. The molecule has 4 nitrogen and oxygen atoms in total. The van der Waals surface area contributed by atoms with Crippen LogP contribution in [0.4, 0.5) is 0 Å². The van der Waals surface area contributed by atoms with E-state index in [1.54, 1.807) is 0 Å². The predicted octanol–water partition coefficient (Wildman–Crippen LogP) is 14.4. The van der Waals surface area contributed by atoms with Crippen molar-refractivity contribution in [3.05, 3.63) is 144 Å². The lowest BCUT2D eigenvalue weighted by atomic mass is 9.79. The van der Waals surface area contributed by atoms with Gasteiger partial charge in [-0.25, -0.2) is 0 Å². The first-order chi connectivity index (χ1) is 27.7.